The lowest BCUT2D eigenvalue weighted by atomic mass is 10.1. The molecule has 1 saturated heterocycles. The molecule has 0 radical (unpaired) electrons. The van der Waals surface area contributed by atoms with Crippen molar-refractivity contribution >= 4 is 0 Å². The fraction of sp³-hybridized carbons (Fsp3) is 0.778. The highest BCUT2D eigenvalue weighted by Gasteiger charge is 2.22. The van der Waals surface area contributed by atoms with Crippen LogP contribution in [-0.4, -0.2) is 25.3 Å². The topological polar surface area (TPSA) is 21.3 Å². The van der Waals surface area contributed by atoms with E-state index in [1.165, 1.54) is 5.57 Å². The molecule has 11 heavy (non-hydrogen) atoms. The van der Waals surface area contributed by atoms with Crippen molar-refractivity contribution in [2.24, 2.45) is 0 Å². The summed E-state index contributed by atoms with van der Waals surface area (Å²) in [4.78, 5) is 0. The zero-order chi connectivity index (χ0) is 8.27. The highest BCUT2D eigenvalue weighted by atomic mass is 16.5. The van der Waals surface area contributed by atoms with E-state index in [2.05, 4.69) is 18.8 Å². The van der Waals surface area contributed by atoms with Crippen LogP contribution < -0.4 is 5.32 Å². The van der Waals surface area contributed by atoms with Gasteiger partial charge >= 0.3 is 0 Å². The largest absolute Gasteiger partial charge is 0.377 e. The van der Waals surface area contributed by atoms with Crippen molar-refractivity contribution in [3.05, 3.63) is 12.2 Å². The number of ether oxygens (including phenoxy) is 1. The van der Waals surface area contributed by atoms with Gasteiger partial charge in [-0.2, -0.15) is 0 Å². The molecule has 0 aromatic rings. The van der Waals surface area contributed by atoms with Crippen molar-refractivity contribution in [3.63, 3.8) is 0 Å². The first-order valence-corrected chi connectivity index (χ1v) is 4.19. The quantitative estimate of drug-likeness (QED) is 0.621. The van der Waals surface area contributed by atoms with Crippen LogP contribution in [0.4, 0.5) is 0 Å². The summed E-state index contributed by atoms with van der Waals surface area (Å²) in [6.07, 6.45) is 1.50. The van der Waals surface area contributed by atoms with Crippen LogP contribution in [0.3, 0.4) is 0 Å². The Morgan fingerprint density at radius 2 is 2.45 bits per heavy atom. The first-order valence-electron chi connectivity index (χ1n) is 4.19. The van der Waals surface area contributed by atoms with E-state index in [9.17, 15) is 0 Å². The summed E-state index contributed by atoms with van der Waals surface area (Å²) in [7, 11) is 0. The van der Waals surface area contributed by atoms with Crippen LogP contribution >= 0.6 is 0 Å². The molecule has 2 unspecified atom stereocenters. The molecule has 1 rings (SSSR count). The minimum Gasteiger partial charge on any atom is -0.377 e. The van der Waals surface area contributed by atoms with E-state index in [-0.39, 0.29) is 0 Å². The van der Waals surface area contributed by atoms with Gasteiger partial charge in [-0.05, 0) is 20.3 Å². The molecule has 64 valence electrons. The minimum atomic E-state index is 0.370. The minimum absolute atomic E-state index is 0.370. The number of rotatable bonds is 3. The van der Waals surface area contributed by atoms with E-state index in [4.69, 9.17) is 4.74 Å². The second-order valence-electron chi connectivity index (χ2n) is 3.31. The third-order valence-corrected chi connectivity index (χ3v) is 2.04. The molecule has 0 aliphatic carbocycles. The van der Waals surface area contributed by atoms with Crippen molar-refractivity contribution in [1.29, 1.82) is 0 Å². The standard InChI is InChI=1S/C9H17NO/c1-7(2)6-10-9-4-5-11-8(9)3/h8-10H,1,4-6H2,2-3H3. The van der Waals surface area contributed by atoms with Gasteiger partial charge in [0.15, 0.2) is 0 Å². The highest BCUT2D eigenvalue weighted by molar-refractivity contribution is 4.93. The lowest BCUT2D eigenvalue weighted by Crippen LogP contribution is -2.35. The molecule has 1 aliphatic rings. The molecule has 1 N–H and O–H groups in total. The molecular formula is C9H17NO. The van der Waals surface area contributed by atoms with Crippen molar-refractivity contribution in [3.8, 4) is 0 Å². The molecule has 2 atom stereocenters. The van der Waals surface area contributed by atoms with Crippen LogP contribution in [-0.2, 0) is 4.74 Å². The number of hydrogen-bond acceptors (Lipinski definition) is 2. The monoisotopic (exact) mass is 155 g/mol. The Kier molecular flexibility index (Phi) is 3.09. The van der Waals surface area contributed by atoms with Gasteiger partial charge in [0.2, 0.25) is 0 Å². The van der Waals surface area contributed by atoms with Gasteiger partial charge in [-0.25, -0.2) is 0 Å². The first kappa shape index (κ1) is 8.75. The van der Waals surface area contributed by atoms with Gasteiger partial charge in [0.05, 0.1) is 6.10 Å². The third-order valence-electron chi connectivity index (χ3n) is 2.04. The molecular weight excluding hydrogens is 138 g/mol. The van der Waals surface area contributed by atoms with Crippen molar-refractivity contribution in [2.75, 3.05) is 13.2 Å². The van der Waals surface area contributed by atoms with Crippen molar-refractivity contribution in [2.45, 2.75) is 32.4 Å². The Labute approximate surface area is 68.6 Å². The molecule has 0 aromatic heterocycles. The van der Waals surface area contributed by atoms with Gasteiger partial charge in [0, 0.05) is 19.2 Å². The summed E-state index contributed by atoms with van der Waals surface area (Å²) in [6.45, 7) is 9.80. The highest BCUT2D eigenvalue weighted by Crippen LogP contribution is 2.12. The van der Waals surface area contributed by atoms with Crippen LogP contribution in [0.25, 0.3) is 0 Å². The molecule has 2 heteroatoms. The first-order chi connectivity index (χ1) is 5.20. The summed E-state index contributed by atoms with van der Waals surface area (Å²) in [5.41, 5.74) is 1.18. The van der Waals surface area contributed by atoms with Crippen molar-refractivity contribution in [1.82, 2.24) is 5.32 Å². The van der Waals surface area contributed by atoms with Gasteiger partial charge in [0.25, 0.3) is 0 Å². The van der Waals surface area contributed by atoms with E-state index < -0.39 is 0 Å². The predicted molar refractivity (Wildman–Crippen MR) is 46.6 cm³/mol. The van der Waals surface area contributed by atoms with E-state index in [0.29, 0.717) is 12.1 Å². The summed E-state index contributed by atoms with van der Waals surface area (Å²) in [5, 5.41) is 3.41. The van der Waals surface area contributed by atoms with Crippen LogP contribution in [0.15, 0.2) is 12.2 Å². The van der Waals surface area contributed by atoms with Crippen molar-refractivity contribution < 1.29 is 4.74 Å². The second kappa shape index (κ2) is 3.88. The van der Waals surface area contributed by atoms with Gasteiger partial charge in [-0.1, -0.05) is 12.2 Å². The maximum absolute atomic E-state index is 5.41. The Balaban J connectivity index is 2.20. The molecule has 1 fully saturated rings. The normalized spacial score (nSPS) is 30.7. The van der Waals surface area contributed by atoms with Crippen LogP contribution in [0, 0.1) is 0 Å². The average molecular weight is 155 g/mol. The molecule has 1 heterocycles. The van der Waals surface area contributed by atoms with E-state index in [1.807, 2.05) is 6.92 Å². The van der Waals surface area contributed by atoms with Gasteiger partial charge < -0.3 is 10.1 Å². The van der Waals surface area contributed by atoms with Crippen LogP contribution in [0.2, 0.25) is 0 Å². The van der Waals surface area contributed by atoms with E-state index in [0.717, 1.165) is 19.6 Å². The molecule has 0 saturated carbocycles. The Hall–Kier alpha value is -0.340. The smallest absolute Gasteiger partial charge is 0.0700 e. The zero-order valence-electron chi connectivity index (χ0n) is 7.39. The Bertz CT molecular complexity index is 144. The summed E-state index contributed by atoms with van der Waals surface area (Å²) < 4.78 is 5.41. The summed E-state index contributed by atoms with van der Waals surface area (Å²) in [6, 6.07) is 0.534. The lowest BCUT2D eigenvalue weighted by molar-refractivity contribution is 0.114. The number of nitrogens with one attached hydrogen (secondary N) is 1. The van der Waals surface area contributed by atoms with Crippen LogP contribution in [0.5, 0.6) is 0 Å². The fourth-order valence-corrected chi connectivity index (χ4v) is 1.31. The Morgan fingerprint density at radius 3 is 2.91 bits per heavy atom. The van der Waals surface area contributed by atoms with Crippen LogP contribution in [0.1, 0.15) is 20.3 Å². The number of hydrogen-bond donors (Lipinski definition) is 1. The summed E-state index contributed by atoms with van der Waals surface area (Å²) in [5.74, 6) is 0. The second-order valence-corrected chi connectivity index (χ2v) is 3.31. The lowest BCUT2D eigenvalue weighted by Gasteiger charge is -2.15. The molecule has 0 aromatic carbocycles. The maximum Gasteiger partial charge on any atom is 0.0700 e. The van der Waals surface area contributed by atoms with E-state index in [1.54, 1.807) is 0 Å². The molecule has 0 bridgehead atoms. The molecule has 1 aliphatic heterocycles. The predicted octanol–water partition coefficient (Wildman–Crippen LogP) is 1.33. The maximum atomic E-state index is 5.41. The fourth-order valence-electron chi connectivity index (χ4n) is 1.31. The average Bonchev–Trinajstić information content (AvgIpc) is 2.31. The van der Waals surface area contributed by atoms with Gasteiger partial charge in [0.1, 0.15) is 0 Å². The summed E-state index contributed by atoms with van der Waals surface area (Å²) >= 11 is 0. The molecule has 0 spiro atoms. The van der Waals surface area contributed by atoms with E-state index >= 15 is 0 Å². The molecule has 2 nitrogen and oxygen atoms in total. The van der Waals surface area contributed by atoms with Gasteiger partial charge in [-0.15, -0.1) is 0 Å². The SMILES string of the molecule is C=C(C)CNC1CCOC1C. The van der Waals surface area contributed by atoms with Gasteiger partial charge in [-0.3, -0.25) is 0 Å². The Morgan fingerprint density at radius 1 is 1.73 bits per heavy atom. The zero-order valence-corrected chi connectivity index (χ0v) is 7.39. The molecule has 0 amide bonds. The third kappa shape index (κ3) is 2.64.